The molecule has 30 heavy (non-hydrogen) atoms. The summed E-state index contributed by atoms with van der Waals surface area (Å²) in [7, 11) is 0. The summed E-state index contributed by atoms with van der Waals surface area (Å²) < 4.78 is 0. The zero-order chi connectivity index (χ0) is 21.1. The molecule has 1 fully saturated rings. The van der Waals surface area contributed by atoms with Gasteiger partial charge in [-0.2, -0.15) is 0 Å². The lowest BCUT2D eigenvalue weighted by molar-refractivity contribution is -0.117. The van der Waals surface area contributed by atoms with E-state index in [2.05, 4.69) is 22.4 Å². The van der Waals surface area contributed by atoms with E-state index in [0.717, 1.165) is 16.3 Å². The maximum Gasteiger partial charge on any atom is 0.227 e. The first-order valence-electron chi connectivity index (χ1n) is 10.0. The molecule has 0 saturated carbocycles. The Morgan fingerprint density at radius 1 is 1.13 bits per heavy atom. The first-order valence-corrected chi connectivity index (χ1v) is 10.9. The number of rotatable bonds is 6. The van der Waals surface area contributed by atoms with Gasteiger partial charge >= 0.3 is 0 Å². The van der Waals surface area contributed by atoms with Crippen molar-refractivity contribution >= 4 is 34.0 Å². The van der Waals surface area contributed by atoms with Crippen LogP contribution in [0.4, 0.5) is 10.8 Å². The second-order valence-corrected chi connectivity index (χ2v) is 8.66. The summed E-state index contributed by atoms with van der Waals surface area (Å²) in [6, 6.07) is 16.0. The second-order valence-electron chi connectivity index (χ2n) is 7.65. The fourth-order valence-electron chi connectivity index (χ4n) is 3.55. The summed E-state index contributed by atoms with van der Waals surface area (Å²) in [6.07, 6.45) is 1.48. The van der Waals surface area contributed by atoms with Crippen molar-refractivity contribution in [3.63, 3.8) is 0 Å². The summed E-state index contributed by atoms with van der Waals surface area (Å²) in [4.78, 5) is 26.6. The third-order valence-corrected chi connectivity index (χ3v) is 6.45. The predicted octanol–water partition coefficient (Wildman–Crippen LogP) is 4.25. The SMILES string of the molecule is Cc1ccc(N2CC(c3nnc(NC(=O)CCc4ccccc4)s3)CC2=O)cc1C. The standard InChI is InChI=1S/C23H24N4O2S/c1-15-8-10-19(12-16(15)2)27-14-18(13-21(27)29)22-25-26-23(30-22)24-20(28)11-9-17-6-4-3-5-7-17/h3-8,10,12,18H,9,11,13-14H2,1-2H3,(H,24,26,28). The second kappa shape index (κ2) is 8.75. The van der Waals surface area contributed by atoms with Crippen molar-refractivity contribution in [2.45, 2.75) is 39.0 Å². The molecule has 1 aliphatic rings. The van der Waals surface area contributed by atoms with Gasteiger partial charge < -0.3 is 10.2 Å². The molecular formula is C23H24N4O2S. The van der Waals surface area contributed by atoms with E-state index >= 15 is 0 Å². The van der Waals surface area contributed by atoms with Crippen LogP contribution in [0.25, 0.3) is 0 Å². The summed E-state index contributed by atoms with van der Waals surface area (Å²) in [5.41, 5.74) is 4.42. The van der Waals surface area contributed by atoms with Crippen LogP contribution in [0.5, 0.6) is 0 Å². The summed E-state index contributed by atoms with van der Waals surface area (Å²) >= 11 is 1.35. The van der Waals surface area contributed by atoms with Gasteiger partial charge in [0.05, 0.1) is 0 Å². The van der Waals surface area contributed by atoms with Gasteiger partial charge in [0.2, 0.25) is 16.9 Å². The lowest BCUT2D eigenvalue weighted by atomic mass is 10.1. The topological polar surface area (TPSA) is 75.2 Å². The number of anilines is 2. The van der Waals surface area contributed by atoms with E-state index in [-0.39, 0.29) is 17.7 Å². The minimum absolute atomic E-state index is 0.00780. The molecule has 1 aromatic heterocycles. The Bertz CT molecular complexity index is 1060. The third kappa shape index (κ3) is 4.57. The summed E-state index contributed by atoms with van der Waals surface area (Å²) in [5, 5.41) is 12.5. The van der Waals surface area contributed by atoms with E-state index in [0.29, 0.717) is 30.9 Å². The van der Waals surface area contributed by atoms with Gasteiger partial charge in [-0.05, 0) is 49.1 Å². The Balaban J connectivity index is 1.36. The van der Waals surface area contributed by atoms with Crippen LogP contribution in [-0.2, 0) is 16.0 Å². The number of hydrogen-bond acceptors (Lipinski definition) is 5. The predicted molar refractivity (Wildman–Crippen MR) is 119 cm³/mol. The van der Waals surface area contributed by atoms with E-state index < -0.39 is 0 Å². The van der Waals surface area contributed by atoms with Crippen molar-refractivity contribution in [2.75, 3.05) is 16.8 Å². The van der Waals surface area contributed by atoms with Crippen molar-refractivity contribution < 1.29 is 9.59 Å². The molecule has 0 spiro atoms. The highest BCUT2D eigenvalue weighted by molar-refractivity contribution is 7.15. The first kappa shape index (κ1) is 20.2. The van der Waals surface area contributed by atoms with E-state index in [9.17, 15) is 9.59 Å². The minimum atomic E-state index is -0.0826. The Morgan fingerprint density at radius 3 is 2.70 bits per heavy atom. The van der Waals surface area contributed by atoms with Crippen LogP contribution < -0.4 is 10.2 Å². The lowest BCUT2D eigenvalue weighted by Crippen LogP contribution is -2.24. The van der Waals surface area contributed by atoms with Gasteiger partial charge in [-0.3, -0.25) is 9.59 Å². The quantitative estimate of drug-likeness (QED) is 0.647. The Morgan fingerprint density at radius 2 is 1.93 bits per heavy atom. The van der Waals surface area contributed by atoms with Crippen LogP contribution in [0.1, 0.15) is 40.5 Å². The molecule has 1 N–H and O–H groups in total. The van der Waals surface area contributed by atoms with Gasteiger partial charge in [-0.1, -0.05) is 47.7 Å². The van der Waals surface area contributed by atoms with Gasteiger partial charge in [0.1, 0.15) is 5.01 Å². The van der Waals surface area contributed by atoms with Crippen LogP contribution in [0.15, 0.2) is 48.5 Å². The Hall–Kier alpha value is -3.06. The number of aromatic nitrogens is 2. The molecule has 0 bridgehead atoms. The molecule has 154 valence electrons. The zero-order valence-corrected chi connectivity index (χ0v) is 17.9. The number of aryl methyl sites for hydroxylation is 3. The molecule has 1 unspecified atom stereocenters. The molecule has 0 radical (unpaired) electrons. The molecule has 2 heterocycles. The van der Waals surface area contributed by atoms with Crippen LogP contribution in [-0.4, -0.2) is 28.6 Å². The van der Waals surface area contributed by atoms with Crippen molar-refractivity contribution in [3.05, 3.63) is 70.2 Å². The first-order chi connectivity index (χ1) is 14.5. The molecule has 4 rings (SSSR count). The molecule has 1 atom stereocenters. The number of amides is 2. The number of carbonyl (C=O) groups is 2. The molecule has 7 heteroatoms. The van der Waals surface area contributed by atoms with Crippen LogP contribution in [0.2, 0.25) is 0 Å². The molecule has 0 aliphatic carbocycles. The number of benzene rings is 2. The van der Waals surface area contributed by atoms with Crippen molar-refractivity contribution in [1.29, 1.82) is 0 Å². The smallest absolute Gasteiger partial charge is 0.227 e. The average Bonchev–Trinajstić information content (AvgIpc) is 3.36. The summed E-state index contributed by atoms with van der Waals surface area (Å²) in [5.74, 6) is -0.000659. The van der Waals surface area contributed by atoms with Crippen LogP contribution in [0.3, 0.4) is 0 Å². The van der Waals surface area contributed by atoms with Gasteiger partial charge in [0.15, 0.2) is 0 Å². The molecular weight excluding hydrogens is 396 g/mol. The van der Waals surface area contributed by atoms with E-state index in [1.807, 2.05) is 60.4 Å². The van der Waals surface area contributed by atoms with E-state index in [4.69, 9.17) is 0 Å². The molecule has 2 aromatic carbocycles. The highest BCUT2D eigenvalue weighted by Crippen LogP contribution is 2.34. The number of carbonyl (C=O) groups excluding carboxylic acids is 2. The van der Waals surface area contributed by atoms with Crippen molar-refractivity contribution in [2.24, 2.45) is 0 Å². The fourth-order valence-corrected chi connectivity index (χ4v) is 4.40. The largest absolute Gasteiger partial charge is 0.312 e. The molecule has 2 amide bonds. The van der Waals surface area contributed by atoms with Crippen molar-refractivity contribution in [1.82, 2.24) is 10.2 Å². The van der Waals surface area contributed by atoms with E-state index in [1.54, 1.807) is 0 Å². The summed E-state index contributed by atoms with van der Waals surface area (Å²) in [6.45, 7) is 4.69. The van der Waals surface area contributed by atoms with Gasteiger partial charge in [0.25, 0.3) is 0 Å². The zero-order valence-electron chi connectivity index (χ0n) is 17.1. The Kier molecular flexibility index (Phi) is 5.90. The molecule has 6 nitrogen and oxygen atoms in total. The van der Waals surface area contributed by atoms with Crippen LogP contribution >= 0.6 is 11.3 Å². The van der Waals surface area contributed by atoms with Crippen LogP contribution in [0, 0.1) is 13.8 Å². The number of hydrogen-bond donors (Lipinski definition) is 1. The fraction of sp³-hybridized carbons (Fsp3) is 0.304. The number of nitrogens with zero attached hydrogens (tertiary/aromatic N) is 3. The van der Waals surface area contributed by atoms with Crippen molar-refractivity contribution in [3.8, 4) is 0 Å². The normalized spacial score (nSPS) is 16.1. The maximum absolute atomic E-state index is 12.6. The van der Waals surface area contributed by atoms with Gasteiger partial charge in [-0.15, -0.1) is 10.2 Å². The maximum atomic E-state index is 12.6. The van der Waals surface area contributed by atoms with E-state index in [1.165, 1.54) is 22.5 Å². The monoisotopic (exact) mass is 420 g/mol. The third-order valence-electron chi connectivity index (χ3n) is 5.45. The van der Waals surface area contributed by atoms with Gasteiger partial charge in [0, 0.05) is 31.0 Å². The average molecular weight is 421 g/mol. The minimum Gasteiger partial charge on any atom is -0.312 e. The molecule has 1 saturated heterocycles. The highest BCUT2D eigenvalue weighted by Gasteiger charge is 2.34. The van der Waals surface area contributed by atoms with Gasteiger partial charge in [-0.25, -0.2) is 0 Å². The number of nitrogens with one attached hydrogen (secondary N) is 1. The highest BCUT2D eigenvalue weighted by atomic mass is 32.1. The lowest BCUT2D eigenvalue weighted by Gasteiger charge is -2.17. The Labute approximate surface area is 180 Å². The molecule has 3 aromatic rings. The molecule has 1 aliphatic heterocycles.